The van der Waals surface area contributed by atoms with Gasteiger partial charge in [-0.2, -0.15) is 0 Å². The van der Waals surface area contributed by atoms with Gasteiger partial charge in [0, 0.05) is 49.1 Å². The molecule has 0 spiro atoms. The number of hydrogen-bond donors (Lipinski definition) is 1. The molecule has 20 heavy (non-hydrogen) atoms. The van der Waals surface area contributed by atoms with Gasteiger partial charge in [-0.3, -0.25) is 4.90 Å². The predicted octanol–water partition coefficient (Wildman–Crippen LogP) is 3.10. The summed E-state index contributed by atoms with van der Waals surface area (Å²) in [7, 11) is 1.78. The average Bonchev–Trinajstić information content (AvgIpc) is 3.13. The minimum atomic E-state index is 0.697. The average molecular weight is 296 g/mol. The first kappa shape index (κ1) is 16.0. The van der Waals surface area contributed by atoms with E-state index >= 15 is 0 Å². The second kappa shape index (κ2) is 8.13. The molecule has 0 unspecified atom stereocenters. The maximum Gasteiger partial charge on any atom is 0.0589 e. The van der Waals surface area contributed by atoms with E-state index in [2.05, 4.69) is 36.2 Å². The number of thiophene rings is 1. The quantitative estimate of drug-likeness (QED) is 0.718. The summed E-state index contributed by atoms with van der Waals surface area (Å²) in [6, 6.07) is 5.35. The van der Waals surface area contributed by atoms with E-state index in [9.17, 15) is 0 Å². The van der Waals surface area contributed by atoms with Crippen LogP contribution in [0, 0.1) is 5.92 Å². The Labute approximate surface area is 127 Å². The van der Waals surface area contributed by atoms with E-state index in [0.29, 0.717) is 5.92 Å². The van der Waals surface area contributed by atoms with Crippen LogP contribution in [0.1, 0.15) is 36.4 Å². The highest BCUT2D eigenvalue weighted by Gasteiger charge is 2.20. The summed E-state index contributed by atoms with van der Waals surface area (Å²) in [6.45, 7) is 9.61. The molecule has 1 saturated carbocycles. The normalized spacial score (nSPS) is 15.4. The zero-order valence-corrected chi connectivity index (χ0v) is 13.8. The molecule has 4 heteroatoms. The van der Waals surface area contributed by atoms with Gasteiger partial charge in [0.1, 0.15) is 0 Å². The van der Waals surface area contributed by atoms with Crippen LogP contribution in [0.15, 0.2) is 12.1 Å². The van der Waals surface area contributed by atoms with Crippen LogP contribution in [0.3, 0.4) is 0 Å². The summed E-state index contributed by atoms with van der Waals surface area (Å²) in [4.78, 5) is 5.43. The van der Waals surface area contributed by atoms with Gasteiger partial charge in [-0.05, 0) is 30.9 Å². The molecular weight excluding hydrogens is 268 g/mol. The summed E-state index contributed by atoms with van der Waals surface area (Å²) in [5, 5.41) is 3.58. The number of nitrogens with one attached hydrogen (secondary N) is 1. The highest BCUT2D eigenvalue weighted by Crippen LogP contribution is 2.22. The lowest BCUT2D eigenvalue weighted by Crippen LogP contribution is -2.30. The molecule has 0 aromatic carbocycles. The van der Waals surface area contributed by atoms with Crippen LogP contribution in [0.25, 0.3) is 0 Å². The largest absolute Gasteiger partial charge is 0.383 e. The van der Waals surface area contributed by atoms with Gasteiger partial charge in [0.15, 0.2) is 0 Å². The summed E-state index contributed by atoms with van der Waals surface area (Å²) < 4.78 is 5.22. The Morgan fingerprint density at radius 2 is 2.10 bits per heavy atom. The number of ether oxygens (including phenoxy) is 1. The lowest BCUT2D eigenvalue weighted by molar-refractivity contribution is 0.136. The molecule has 1 N–H and O–H groups in total. The molecule has 1 fully saturated rings. The van der Waals surface area contributed by atoms with Gasteiger partial charge in [0.2, 0.25) is 0 Å². The highest BCUT2D eigenvalue weighted by atomic mass is 32.1. The van der Waals surface area contributed by atoms with Crippen molar-refractivity contribution in [3.63, 3.8) is 0 Å². The fraction of sp³-hybridized carbons (Fsp3) is 0.750. The van der Waals surface area contributed by atoms with E-state index in [1.807, 2.05) is 11.3 Å². The van der Waals surface area contributed by atoms with E-state index in [4.69, 9.17) is 4.74 Å². The summed E-state index contributed by atoms with van der Waals surface area (Å²) in [5.41, 5.74) is 0. The Bertz CT molecular complexity index is 388. The molecule has 0 radical (unpaired) electrons. The van der Waals surface area contributed by atoms with Crippen molar-refractivity contribution in [3.8, 4) is 0 Å². The van der Waals surface area contributed by atoms with E-state index in [1.165, 1.54) is 22.6 Å². The van der Waals surface area contributed by atoms with Crippen LogP contribution in [0.2, 0.25) is 0 Å². The van der Waals surface area contributed by atoms with Crippen LogP contribution in [0.5, 0.6) is 0 Å². The molecule has 0 saturated heterocycles. The molecule has 3 nitrogen and oxygen atoms in total. The fourth-order valence-electron chi connectivity index (χ4n) is 2.33. The van der Waals surface area contributed by atoms with Crippen LogP contribution < -0.4 is 5.32 Å². The number of methoxy groups -OCH3 is 1. The highest BCUT2D eigenvalue weighted by molar-refractivity contribution is 7.11. The maximum atomic E-state index is 5.22. The van der Waals surface area contributed by atoms with Gasteiger partial charge in [-0.1, -0.05) is 13.8 Å². The van der Waals surface area contributed by atoms with E-state index < -0.39 is 0 Å². The topological polar surface area (TPSA) is 24.5 Å². The Hall–Kier alpha value is -0.420. The maximum absolute atomic E-state index is 5.22. The van der Waals surface area contributed by atoms with Crippen LogP contribution in [-0.4, -0.2) is 37.7 Å². The first-order valence-corrected chi connectivity index (χ1v) is 8.51. The van der Waals surface area contributed by atoms with Gasteiger partial charge in [0.05, 0.1) is 6.61 Å². The molecule has 114 valence electrons. The number of nitrogens with zero attached hydrogens (tertiary/aromatic N) is 1. The van der Waals surface area contributed by atoms with Crippen molar-refractivity contribution in [2.75, 3.05) is 26.8 Å². The van der Waals surface area contributed by atoms with E-state index in [1.54, 1.807) is 7.11 Å². The summed E-state index contributed by atoms with van der Waals surface area (Å²) >= 11 is 1.95. The summed E-state index contributed by atoms with van der Waals surface area (Å²) in [5.74, 6) is 0.697. The second-order valence-corrected chi connectivity index (χ2v) is 7.40. The number of rotatable bonds is 10. The molecular formula is C16H28N2OS. The molecule has 1 aromatic rings. The van der Waals surface area contributed by atoms with E-state index in [-0.39, 0.29) is 0 Å². The second-order valence-electron chi connectivity index (χ2n) is 6.14. The van der Waals surface area contributed by atoms with Crippen molar-refractivity contribution in [2.24, 2.45) is 5.92 Å². The molecule has 2 rings (SSSR count). The van der Waals surface area contributed by atoms with Crippen LogP contribution >= 0.6 is 11.3 Å². The molecule has 0 amide bonds. The first-order chi connectivity index (χ1) is 9.67. The SMILES string of the molecule is COCCN(Cc1ccc(CNC2CC2)s1)CC(C)C. The Balaban J connectivity index is 1.81. The molecule has 0 aliphatic heterocycles. The van der Waals surface area contributed by atoms with Gasteiger partial charge in [0.25, 0.3) is 0 Å². The third-order valence-electron chi connectivity index (χ3n) is 3.47. The standard InChI is InChI=1S/C16H28N2OS/c1-13(2)11-18(8-9-19-3)12-16-7-6-15(20-16)10-17-14-4-5-14/h6-7,13-14,17H,4-5,8-12H2,1-3H3. The van der Waals surface area contributed by atoms with Crippen molar-refractivity contribution in [1.82, 2.24) is 10.2 Å². The van der Waals surface area contributed by atoms with Crippen molar-refractivity contribution >= 4 is 11.3 Å². The molecule has 0 atom stereocenters. The van der Waals surface area contributed by atoms with Crippen molar-refractivity contribution in [3.05, 3.63) is 21.9 Å². The van der Waals surface area contributed by atoms with Gasteiger partial charge in [-0.25, -0.2) is 0 Å². The smallest absolute Gasteiger partial charge is 0.0589 e. The van der Waals surface area contributed by atoms with Crippen LogP contribution in [-0.2, 0) is 17.8 Å². The van der Waals surface area contributed by atoms with Crippen molar-refractivity contribution in [1.29, 1.82) is 0 Å². The minimum Gasteiger partial charge on any atom is -0.383 e. The molecule has 0 bridgehead atoms. The van der Waals surface area contributed by atoms with Crippen LogP contribution in [0.4, 0.5) is 0 Å². The zero-order chi connectivity index (χ0) is 14.4. The van der Waals surface area contributed by atoms with Gasteiger partial charge >= 0.3 is 0 Å². The van der Waals surface area contributed by atoms with Gasteiger partial charge in [-0.15, -0.1) is 11.3 Å². The summed E-state index contributed by atoms with van der Waals surface area (Å²) in [6.07, 6.45) is 2.72. The minimum absolute atomic E-state index is 0.697. The third kappa shape index (κ3) is 5.92. The Morgan fingerprint density at radius 3 is 2.75 bits per heavy atom. The van der Waals surface area contributed by atoms with Crippen molar-refractivity contribution < 1.29 is 4.74 Å². The number of hydrogen-bond acceptors (Lipinski definition) is 4. The van der Waals surface area contributed by atoms with E-state index in [0.717, 1.165) is 38.8 Å². The molecule has 1 aliphatic rings. The third-order valence-corrected chi connectivity index (χ3v) is 4.54. The van der Waals surface area contributed by atoms with Crippen molar-refractivity contribution in [2.45, 2.75) is 45.8 Å². The molecule has 1 aliphatic carbocycles. The lowest BCUT2D eigenvalue weighted by Gasteiger charge is -2.23. The fourth-order valence-corrected chi connectivity index (χ4v) is 3.34. The first-order valence-electron chi connectivity index (χ1n) is 7.69. The predicted molar refractivity (Wildman–Crippen MR) is 86.2 cm³/mol. The zero-order valence-electron chi connectivity index (χ0n) is 13.0. The molecule has 1 aromatic heterocycles. The lowest BCUT2D eigenvalue weighted by atomic mass is 10.2. The Kier molecular flexibility index (Phi) is 6.49. The Morgan fingerprint density at radius 1 is 1.35 bits per heavy atom. The monoisotopic (exact) mass is 296 g/mol. The molecule has 1 heterocycles. The van der Waals surface area contributed by atoms with Gasteiger partial charge < -0.3 is 10.1 Å².